The van der Waals surface area contributed by atoms with E-state index in [1.165, 1.54) is 0 Å². The number of piperidine rings is 1. The smallest absolute Gasteiger partial charge is 0.251 e. The molecule has 2 aromatic rings. The van der Waals surface area contributed by atoms with Gasteiger partial charge in [0.1, 0.15) is 23.1 Å². The Morgan fingerprint density at radius 2 is 1.61 bits per heavy atom. The number of ether oxygens (including phenoxy) is 1. The van der Waals surface area contributed by atoms with E-state index in [1.807, 2.05) is 43.3 Å². The Morgan fingerprint density at radius 3 is 2.20 bits per heavy atom. The van der Waals surface area contributed by atoms with E-state index in [4.69, 9.17) is 4.74 Å². The fourth-order valence-corrected chi connectivity index (χ4v) is 6.74. The first-order valence-electron chi connectivity index (χ1n) is 15.5. The molecule has 0 bridgehead atoms. The van der Waals surface area contributed by atoms with Crippen molar-refractivity contribution in [1.82, 2.24) is 20.4 Å². The highest BCUT2D eigenvalue weighted by molar-refractivity contribution is 6.00. The van der Waals surface area contributed by atoms with Crippen molar-refractivity contribution in [3.05, 3.63) is 71.8 Å². The first kappa shape index (κ1) is 33.5. The number of likely N-dealkylation sites (tertiary alicyclic amines) is 1. The van der Waals surface area contributed by atoms with E-state index >= 15 is 0 Å². The highest BCUT2D eigenvalue weighted by atomic mass is 35.5. The van der Waals surface area contributed by atoms with E-state index in [0.29, 0.717) is 62.4 Å². The van der Waals surface area contributed by atoms with E-state index in [-0.39, 0.29) is 36.5 Å². The normalized spacial score (nSPS) is 21.5. The van der Waals surface area contributed by atoms with Crippen LogP contribution >= 0.6 is 12.4 Å². The van der Waals surface area contributed by atoms with Crippen LogP contribution in [0.1, 0.15) is 74.2 Å². The lowest BCUT2D eigenvalue weighted by Crippen LogP contribution is -2.73. The number of amides is 3. The number of allylic oxidation sites excluding steroid dienone is 1. The van der Waals surface area contributed by atoms with Crippen molar-refractivity contribution in [3.8, 4) is 11.5 Å². The summed E-state index contributed by atoms with van der Waals surface area (Å²) in [5, 5.41) is 16.8. The lowest BCUT2D eigenvalue weighted by Gasteiger charge is -2.52. The number of rotatable bonds is 9. The zero-order valence-electron chi connectivity index (χ0n) is 25.7. The molecule has 1 aliphatic carbocycles. The van der Waals surface area contributed by atoms with Gasteiger partial charge in [-0.3, -0.25) is 19.3 Å². The second-order valence-electron chi connectivity index (χ2n) is 12.2. The maximum Gasteiger partial charge on any atom is 0.251 e. The largest absolute Gasteiger partial charge is 0.457 e. The van der Waals surface area contributed by atoms with Gasteiger partial charge in [0, 0.05) is 45.2 Å². The zero-order chi connectivity index (χ0) is 30.5. The number of halogens is 1. The SMILES string of the molecule is C/C=C/CN1C(=O)[C@@H](CC2(O)CCCCC2)NC(=O)C12CCN(Cc1ccc(Oc3ccc(C(=O)NC)cc3)cc1)CC2.Cl. The van der Waals surface area contributed by atoms with Crippen LogP contribution in [0.15, 0.2) is 60.7 Å². The summed E-state index contributed by atoms with van der Waals surface area (Å²) in [6, 6.07) is 14.3. The van der Waals surface area contributed by atoms with Crippen LogP contribution in [0, 0.1) is 0 Å². The Morgan fingerprint density at radius 1 is 1.00 bits per heavy atom. The maximum atomic E-state index is 13.8. The summed E-state index contributed by atoms with van der Waals surface area (Å²) in [6.07, 6.45) is 9.65. The van der Waals surface area contributed by atoms with Crippen molar-refractivity contribution in [3.63, 3.8) is 0 Å². The molecule has 1 saturated carbocycles. The molecule has 238 valence electrons. The van der Waals surface area contributed by atoms with Crippen LogP contribution in [-0.2, 0) is 16.1 Å². The van der Waals surface area contributed by atoms with Gasteiger partial charge in [-0.2, -0.15) is 0 Å². The Hall–Kier alpha value is -3.40. The molecule has 3 N–H and O–H groups in total. The monoisotopic (exact) mass is 624 g/mol. The van der Waals surface area contributed by atoms with Crippen molar-refractivity contribution in [1.29, 1.82) is 0 Å². The van der Waals surface area contributed by atoms with Gasteiger partial charge in [0.05, 0.1) is 5.60 Å². The molecule has 3 amide bonds. The number of aliphatic hydroxyl groups is 1. The van der Waals surface area contributed by atoms with Crippen LogP contribution in [-0.4, -0.2) is 76.5 Å². The van der Waals surface area contributed by atoms with Crippen molar-refractivity contribution in [2.75, 3.05) is 26.7 Å². The van der Waals surface area contributed by atoms with Gasteiger partial charge in [-0.15, -0.1) is 12.4 Å². The number of benzene rings is 2. The highest BCUT2D eigenvalue weighted by Gasteiger charge is 2.54. The third-order valence-corrected chi connectivity index (χ3v) is 9.29. The number of nitrogens with zero attached hydrogens (tertiary/aromatic N) is 2. The van der Waals surface area contributed by atoms with Crippen molar-refractivity contribution >= 4 is 30.1 Å². The first-order valence-corrected chi connectivity index (χ1v) is 15.5. The van der Waals surface area contributed by atoms with Gasteiger partial charge in [0.2, 0.25) is 11.8 Å². The lowest BCUT2D eigenvalue weighted by molar-refractivity contribution is -0.162. The summed E-state index contributed by atoms with van der Waals surface area (Å²) in [7, 11) is 1.60. The molecule has 0 unspecified atom stereocenters. The zero-order valence-corrected chi connectivity index (χ0v) is 26.5. The average molecular weight is 625 g/mol. The molecule has 2 aromatic carbocycles. The summed E-state index contributed by atoms with van der Waals surface area (Å²) < 4.78 is 5.95. The summed E-state index contributed by atoms with van der Waals surface area (Å²) in [6.45, 7) is 4.44. The second-order valence-corrected chi connectivity index (χ2v) is 12.2. The molecule has 3 fully saturated rings. The second kappa shape index (κ2) is 14.6. The molecule has 3 aliphatic rings. The molecule has 1 atom stereocenters. The number of nitrogens with one attached hydrogen (secondary N) is 2. The molecular weight excluding hydrogens is 580 g/mol. The van der Waals surface area contributed by atoms with Gasteiger partial charge < -0.3 is 25.4 Å². The van der Waals surface area contributed by atoms with E-state index < -0.39 is 17.2 Å². The molecule has 2 heterocycles. The van der Waals surface area contributed by atoms with Crippen LogP contribution in [0.25, 0.3) is 0 Å². The fourth-order valence-electron chi connectivity index (χ4n) is 6.74. The van der Waals surface area contributed by atoms with Crippen LogP contribution in [0.4, 0.5) is 0 Å². The number of carbonyl (C=O) groups excluding carboxylic acids is 3. The van der Waals surface area contributed by atoms with Gasteiger partial charge in [-0.25, -0.2) is 0 Å². The Kier molecular flexibility index (Phi) is 11.1. The molecule has 10 heteroatoms. The van der Waals surface area contributed by atoms with E-state index in [9.17, 15) is 19.5 Å². The number of hydrogen-bond donors (Lipinski definition) is 3. The third-order valence-electron chi connectivity index (χ3n) is 9.29. The van der Waals surface area contributed by atoms with Crippen LogP contribution < -0.4 is 15.4 Å². The number of hydrogen-bond acceptors (Lipinski definition) is 6. The maximum absolute atomic E-state index is 13.8. The Bertz CT molecular complexity index is 1320. The summed E-state index contributed by atoms with van der Waals surface area (Å²) >= 11 is 0. The molecule has 44 heavy (non-hydrogen) atoms. The standard InChI is InChI=1S/C34H44N4O5.ClH/c1-3-4-20-38-31(40)29(23-33(42)16-6-5-7-17-33)36-32(41)34(38)18-21-37(22-19-34)24-25-8-12-27(13-9-25)43-28-14-10-26(11-15-28)30(39)35-2;/h3-4,8-15,29,42H,5-7,16-24H2,1-2H3,(H,35,39)(H,36,41);1H/b4-3+;/t29-;/m1./s1. The first-order chi connectivity index (χ1) is 20.7. The van der Waals surface area contributed by atoms with Crippen molar-refractivity contribution in [2.45, 2.75) is 82.0 Å². The minimum Gasteiger partial charge on any atom is -0.457 e. The van der Waals surface area contributed by atoms with Gasteiger partial charge in [0.25, 0.3) is 5.91 Å². The van der Waals surface area contributed by atoms with Gasteiger partial charge in [-0.05, 0) is 74.6 Å². The molecule has 1 spiro atoms. The predicted molar refractivity (Wildman–Crippen MR) is 172 cm³/mol. The van der Waals surface area contributed by atoms with Crippen LogP contribution in [0.5, 0.6) is 11.5 Å². The van der Waals surface area contributed by atoms with E-state index in [2.05, 4.69) is 15.5 Å². The molecular formula is C34H45ClN4O5. The fraction of sp³-hybridized carbons (Fsp3) is 0.500. The molecule has 2 saturated heterocycles. The quantitative estimate of drug-likeness (QED) is 0.352. The van der Waals surface area contributed by atoms with Crippen LogP contribution in [0.2, 0.25) is 0 Å². The van der Waals surface area contributed by atoms with Gasteiger partial charge in [-0.1, -0.05) is 43.5 Å². The molecule has 0 aromatic heterocycles. The van der Waals surface area contributed by atoms with Gasteiger partial charge in [0.15, 0.2) is 0 Å². The molecule has 9 nitrogen and oxygen atoms in total. The highest BCUT2D eigenvalue weighted by Crippen LogP contribution is 2.37. The van der Waals surface area contributed by atoms with Crippen molar-refractivity contribution in [2.24, 2.45) is 0 Å². The molecule has 5 rings (SSSR count). The van der Waals surface area contributed by atoms with Crippen LogP contribution in [0.3, 0.4) is 0 Å². The summed E-state index contributed by atoms with van der Waals surface area (Å²) in [4.78, 5) is 43.3. The van der Waals surface area contributed by atoms with Gasteiger partial charge >= 0.3 is 0 Å². The number of carbonyl (C=O) groups is 3. The Labute approximate surface area is 266 Å². The lowest BCUT2D eigenvalue weighted by atomic mass is 9.77. The predicted octanol–water partition coefficient (Wildman–Crippen LogP) is 4.58. The van der Waals surface area contributed by atoms with Crippen molar-refractivity contribution < 1.29 is 24.2 Å². The summed E-state index contributed by atoms with van der Waals surface area (Å²) in [5.74, 6) is 1.05. The van der Waals surface area contributed by atoms with E-state index in [1.54, 1.807) is 36.2 Å². The molecule has 2 aliphatic heterocycles. The third kappa shape index (κ3) is 7.45. The topological polar surface area (TPSA) is 111 Å². The minimum atomic E-state index is -0.885. The average Bonchev–Trinajstić information content (AvgIpc) is 3.02. The minimum absolute atomic E-state index is 0. The van der Waals surface area contributed by atoms with E-state index in [0.717, 1.165) is 31.4 Å². The molecule has 0 radical (unpaired) electrons. The number of piperazine rings is 1. The summed E-state index contributed by atoms with van der Waals surface area (Å²) in [5.41, 5.74) is -0.0475. The Balaban J connectivity index is 0.00000442.